The van der Waals surface area contributed by atoms with Gasteiger partial charge in [0.1, 0.15) is 0 Å². The Morgan fingerprint density at radius 3 is 2.50 bits per heavy atom. The predicted molar refractivity (Wildman–Crippen MR) is 122 cm³/mol. The Hall–Kier alpha value is -3.70. The van der Waals surface area contributed by atoms with Crippen LogP contribution < -0.4 is 5.32 Å². The smallest absolute Gasteiger partial charge is 0.255 e. The minimum atomic E-state index is -0.100. The number of nitrogens with zero attached hydrogens (tertiary/aromatic N) is 2. The summed E-state index contributed by atoms with van der Waals surface area (Å²) in [5.41, 5.74) is 5.60. The van der Waals surface area contributed by atoms with Crippen LogP contribution in [0.1, 0.15) is 21.5 Å². The summed E-state index contributed by atoms with van der Waals surface area (Å²) in [5.74, 6) is -0.100. The molecule has 4 nitrogen and oxygen atoms in total. The fourth-order valence-electron chi connectivity index (χ4n) is 3.50. The van der Waals surface area contributed by atoms with Crippen molar-refractivity contribution in [3.05, 3.63) is 113 Å². The van der Waals surface area contributed by atoms with Crippen molar-refractivity contribution in [1.29, 1.82) is 0 Å². The van der Waals surface area contributed by atoms with Crippen LogP contribution in [-0.2, 0) is 6.42 Å². The van der Waals surface area contributed by atoms with Crippen LogP contribution in [0.5, 0.6) is 0 Å². The van der Waals surface area contributed by atoms with Crippen LogP contribution in [0.2, 0.25) is 0 Å². The number of amides is 1. The van der Waals surface area contributed by atoms with Crippen LogP contribution in [0.3, 0.4) is 0 Å². The summed E-state index contributed by atoms with van der Waals surface area (Å²) in [6, 6.07) is 25.7. The topological polar surface area (TPSA) is 46.4 Å². The zero-order chi connectivity index (χ0) is 20.3. The first-order valence-electron chi connectivity index (χ1n) is 9.72. The van der Waals surface area contributed by atoms with Crippen molar-refractivity contribution in [3.8, 4) is 11.3 Å². The largest absolute Gasteiger partial charge is 0.322 e. The van der Waals surface area contributed by atoms with E-state index in [2.05, 4.69) is 22.4 Å². The molecule has 0 saturated heterocycles. The zero-order valence-corrected chi connectivity index (χ0v) is 17.0. The molecule has 2 heterocycles. The molecule has 5 rings (SSSR count). The van der Waals surface area contributed by atoms with E-state index in [0.717, 1.165) is 33.9 Å². The van der Waals surface area contributed by atoms with E-state index in [9.17, 15) is 4.79 Å². The van der Waals surface area contributed by atoms with Gasteiger partial charge < -0.3 is 5.32 Å². The molecule has 0 atom stereocenters. The Labute approximate surface area is 178 Å². The number of thiazole rings is 1. The maximum absolute atomic E-state index is 12.9. The fraction of sp³-hybridized carbons (Fsp3) is 0.0400. The van der Waals surface area contributed by atoms with E-state index in [1.807, 2.05) is 88.9 Å². The molecule has 0 aliphatic carbocycles. The first-order chi connectivity index (χ1) is 14.8. The summed E-state index contributed by atoms with van der Waals surface area (Å²) in [5, 5.41) is 5.04. The lowest BCUT2D eigenvalue weighted by molar-refractivity contribution is 0.102. The SMILES string of the molecule is O=C(Nc1ccc(-c2cn3ccsc3n2)cc1)c1ccccc1Cc1ccccc1. The maximum Gasteiger partial charge on any atom is 0.255 e. The summed E-state index contributed by atoms with van der Waals surface area (Å²) >= 11 is 1.61. The van der Waals surface area contributed by atoms with Crippen LogP contribution in [0.4, 0.5) is 5.69 Å². The molecule has 0 saturated carbocycles. The average molecular weight is 410 g/mol. The summed E-state index contributed by atoms with van der Waals surface area (Å²) in [4.78, 5) is 18.5. The molecule has 2 aromatic heterocycles. The molecule has 0 aliphatic rings. The first kappa shape index (κ1) is 18.3. The molecule has 5 aromatic rings. The molecule has 1 amide bonds. The molecule has 0 spiro atoms. The van der Waals surface area contributed by atoms with E-state index in [-0.39, 0.29) is 5.91 Å². The van der Waals surface area contributed by atoms with E-state index in [0.29, 0.717) is 5.56 Å². The van der Waals surface area contributed by atoms with Gasteiger partial charge in [-0.2, -0.15) is 0 Å². The number of hydrogen-bond donors (Lipinski definition) is 1. The lowest BCUT2D eigenvalue weighted by Crippen LogP contribution is -2.14. The van der Waals surface area contributed by atoms with Crippen molar-refractivity contribution >= 4 is 27.9 Å². The third-order valence-corrected chi connectivity index (χ3v) is 5.80. The van der Waals surface area contributed by atoms with Crippen molar-refractivity contribution in [2.75, 3.05) is 5.32 Å². The van der Waals surface area contributed by atoms with Crippen molar-refractivity contribution in [3.63, 3.8) is 0 Å². The second-order valence-electron chi connectivity index (χ2n) is 7.07. The number of hydrogen-bond acceptors (Lipinski definition) is 3. The molecule has 0 fully saturated rings. The number of imidazole rings is 1. The van der Waals surface area contributed by atoms with Crippen molar-refractivity contribution in [2.45, 2.75) is 6.42 Å². The minimum Gasteiger partial charge on any atom is -0.322 e. The van der Waals surface area contributed by atoms with Crippen LogP contribution in [0.25, 0.3) is 16.2 Å². The minimum absolute atomic E-state index is 0.100. The van der Waals surface area contributed by atoms with Gasteiger partial charge in [-0.05, 0) is 35.7 Å². The number of aromatic nitrogens is 2. The Morgan fingerprint density at radius 1 is 0.933 bits per heavy atom. The highest BCUT2D eigenvalue weighted by Gasteiger charge is 2.12. The predicted octanol–water partition coefficient (Wildman–Crippen LogP) is 5.91. The molecule has 5 heteroatoms. The van der Waals surface area contributed by atoms with E-state index in [4.69, 9.17) is 0 Å². The third kappa shape index (κ3) is 3.75. The number of nitrogens with one attached hydrogen (secondary N) is 1. The Kier molecular flexibility index (Phi) is 4.87. The standard InChI is InChI=1S/C25H19N3OS/c29-24(22-9-5-4-8-20(22)16-18-6-2-1-3-7-18)26-21-12-10-19(11-13-21)23-17-28-14-15-30-25(28)27-23/h1-15,17H,16H2,(H,26,29). The molecule has 0 aliphatic heterocycles. The van der Waals surface area contributed by atoms with E-state index >= 15 is 0 Å². The molecule has 0 bridgehead atoms. The Morgan fingerprint density at radius 2 is 1.70 bits per heavy atom. The number of anilines is 1. The van der Waals surface area contributed by atoms with Gasteiger partial charge in [0, 0.05) is 34.6 Å². The zero-order valence-electron chi connectivity index (χ0n) is 16.2. The number of carbonyl (C=O) groups is 1. The average Bonchev–Trinajstić information content (AvgIpc) is 3.38. The lowest BCUT2D eigenvalue weighted by Gasteiger charge is -2.11. The molecule has 0 radical (unpaired) electrons. The Bertz CT molecular complexity index is 1270. The van der Waals surface area contributed by atoms with Gasteiger partial charge in [0.2, 0.25) is 0 Å². The maximum atomic E-state index is 12.9. The highest BCUT2D eigenvalue weighted by atomic mass is 32.1. The quantitative estimate of drug-likeness (QED) is 0.392. The van der Waals surface area contributed by atoms with E-state index < -0.39 is 0 Å². The molecular formula is C25H19N3OS. The van der Waals surface area contributed by atoms with Gasteiger partial charge in [0.05, 0.1) is 5.69 Å². The van der Waals surface area contributed by atoms with Crippen LogP contribution in [-0.4, -0.2) is 15.3 Å². The molecule has 3 aromatic carbocycles. The van der Waals surface area contributed by atoms with Crippen LogP contribution in [0.15, 0.2) is 96.6 Å². The summed E-state index contributed by atoms with van der Waals surface area (Å²) < 4.78 is 2.01. The highest BCUT2D eigenvalue weighted by molar-refractivity contribution is 7.15. The second kappa shape index (κ2) is 7.97. The number of fused-ring (bicyclic) bond motifs is 1. The van der Waals surface area contributed by atoms with E-state index in [1.54, 1.807) is 11.3 Å². The number of benzene rings is 3. The van der Waals surface area contributed by atoms with Gasteiger partial charge in [-0.1, -0.05) is 60.7 Å². The highest BCUT2D eigenvalue weighted by Crippen LogP contribution is 2.24. The first-order valence-corrected chi connectivity index (χ1v) is 10.6. The van der Waals surface area contributed by atoms with Gasteiger partial charge in [0.15, 0.2) is 4.96 Å². The monoisotopic (exact) mass is 409 g/mol. The summed E-state index contributed by atoms with van der Waals surface area (Å²) in [6.07, 6.45) is 4.73. The summed E-state index contributed by atoms with van der Waals surface area (Å²) in [7, 11) is 0. The van der Waals surface area contributed by atoms with Gasteiger partial charge in [-0.15, -0.1) is 11.3 Å². The lowest BCUT2D eigenvalue weighted by atomic mass is 9.99. The van der Waals surface area contributed by atoms with Gasteiger partial charge in [-0.3, -0.25) is 9.20 Å². The van der Waals surface area contributed by atoms with Crippen molar-refractivity contribution < 1.29 is 4.79 Å². The van der Waals surface area contributed by atoms with Gasteiger partial charge in [-0.25, -0.2) is 4.98 Å². The van der Waals surface area contributed by atoms with Crippen LogP contribution >= 0.6 is 11.3 Å². The molecule has 146 valence electrons. The normalized spacial score (nSPS) is 10.9. The second-order valence-corrected chi connectivity index (χ2v) is 7.94. The van der Waals surface area contributed by atoms with E-state index in [1.165, 1.54) is 5.56 Å². The number of rotatable bonds is 5. The molecule has 30 heavy (non-hydrogen) atoms. The molecule has 1 N–H and O–H groups in total. The molecule has 0 unspecified atom stereocenters. The molecular weight excluding hydrogens is 390 g/mol. The Balaban J connectivity index is 1.34. The van der Waals surface area contributed by atoms with Crippen molar-refractivity contribution in [2.24, 2.45) is 0 Å². The van der Waals surface area contributed by atoms with Gasteiger partial charge in [0.25, 0.3) is 5.91 Å². The third-order valence-electron chi connectivity index (χ3n) is 5.03. The van der Waals surface area contributed by atoms with Crippen molar-refractivity contribution in [1.82, 2.24) is 9.38 Å². The number of carbonyl (C=O) groups excluding carboxylic acids is 1. The van der Waals surface area contributed by atoms with Crippen LogP contribution in [0, 0.1) is 0 Å². The summed E-state index contributed by atoms with van der Waals surface area (Å²) in [6.45, 7) is 0. The van der Waals surface area contributed by atoms with Gasteiger partial charge >= 0.3 is 0 Å². The fourth-order valence-corrected chi connectivity index (χ4v) is 4.20.